The van der Waals surface area contributed by atoms with Crippen molar-refractivity contribution in [1.82, 2.24) is 4.90 Å². The van der Waals surface area contributed by atoms with Crippen LogP contribution >= 0.6 is 0 Å². The molecule has 8 nitrogen and oxygen atoms in total. The monoisotopic (exact) mass is 462 g/mol. The summed E-state index contributed by atoms with van der Waals surface area (Å²) in [5.74, 6) is -2.11. The van der Waals surface area contributed by atoms with Crippen LogP contribution in [0.4, 0.5) is 5.69 Å². The highest BCUT2D eigenvalue weighted by molar-refractivity contribution is 6.22. The van der Waals surface area contributed by atoms with E-state index >= 15 is 0 Å². The Morgan fingerprint density at radius 1 is 0.912 bits per heavy atom. The Morgan fingerprint density at radius 3 is 2.18 bits per heavy atom. The number of Topliss-reactive ketones (excluding diaryl/α,β-unsaturated/α-hetero) is 1. The van der Waals surface area contributed by atoms with Crippen LogP contribution in [0.5, 0.6) is 0 Å². The Labute approximate surface area is 197 Å². The average Bonchev–Trinajstić information content (AvgIpc) is 3.09. The summed E-state index contributed by atoms with van der Waals surface area (Å²) in [7, 11) is 0. The van der Waals surface area contributed by atoms with Gasteiger partial charge in [0.05, 0.1) is 16.7 Å². The van der Waals surface area contributed by atoms with E-state index in [1.54, 1.807) is 24.3 Å². The molecule has 1 aliphatic carbocycles. The van der Waals surface area contributed by atoms with Crippen LogP contribution in [-0.2, 0) is 9.53 Å². The summed E-state index contributed by atoms with van der Waals surface area (Å²) >= 11 is 0. The number of nitrogens with one attached hydrogen (secondary N) is 1. The first-order valence-electron chi connectivity index (χ1n) is 11.4. The Bertz CT molecular complexity index is 1160. The van der Waals surface area contributed by atoms with Gasteiger partial charge in [-0.3, -0.25) is 24.1 Å². The molecule has 8 heteroatoms. The second-order valence-electron chi connectivity index (χ2n) is 8.70. The number of amides is 3. The number of ether oxygens (including phenoxy) is 1. The smallest absolute Gasteiger partial charge is 0.338 e. The molecule has 34 heavy (non-hydrogen) atoms. The Hall–Kier alpha value is -3.81. The summed E-state index contributed by atoms with van der Waals surface area (Å²) in [5.41, 5.74) is 1.54. The van der Waals surface area contributed by atoms with E-state index < -0.39 is 18.0 Å². The van der Waals surface area contributed by atoms with Crippen molar-refractivity contribution in [2.45, 2.75) is 58.1 Å². The summed E-state index contributed by atoms with van der Waals surface area (Å²) in [6, 6.07) is 10.5. The molecule has 0 aromatic heterocycles. The van der Waals surface area contributed by atoms with E-state index in [4.69, 9.17) is 4.74 Å². The second-order valence-corrected chi connectivity index (χ2v) is 8.70. The number of ketones is 1. The first-order valence-corrected chi connectivity index (χ1v) is 11.4. The molecule has 2 aliphatic rings. The molecule has 2 aromatic rings. The first kappa shape index (κ1) is 23.4. The van der Waals surface area contributed by atoms with Gasteiger partial charge < -0.3 is 10.1 Å². The van der Waals surface area contributed by atoms with Crippen LogP contribution in [0.3, 0.4) is 0 Å². The largest absolute Gasteiger partial charge is 0.449 e. The fourth-order valence-corrected chi connectivity index (χ4v) is 4.37. The third-order valence-electron chi connectivity index (χ3n) is 6.31. The number of hydrogen-bond donors (Lipinski definition) is 1. The van der Waals surface area contributed by atoms with Gasteiger partial charge in [0.2, 0.25) is 0 Å². The maximum atomic E-state index is 12.9. The summed E-state index contributed by atoms with van der Waals surface area (Å²) in [5, 5.41) is 2.63. The minimum absolute atomic E-state index is 0.0865. The molecule has 2 aromatic carbocycles. The standard InChI is InChI=1S/C26H26N2O6/c1-15(29)17-8-11-19(12-9-17)27-23(30)16(2)34-26(33)18-10-13-21-22(14-18)25(32)28(24(21)31)20-6-4-3-5-7-20/h8-14,16,20H,3-7H2,1-2H3,(H,27,30)/t16-/m0/s1. The molecule has 1 fully saturated rings. The third kappa shape index (κ3) is 4.62. The van der Waals surface area contributed by atoms with Gasteiger partial charge in [-0.15, -0.1) is 0 Å². The van der Waals surface area contributed by atoms with Crippen LogP contribution in [0.25, 0.3) is 0 Å². The molecule has 176 valence electrons. The Morgan fingerprint density at radius 2 is 1.53 bits per heavy atom. The van der Waals surface area contributed by atoms with Gasteiger partial charge in [-0.1, -0.05) is 19.3 Å². The summed E-state index contributed by atoms with van der Waals surface area (Å²) in [6.45, 7) is 2.88. The fourth-order valence-electron chi connectivity index (χ4n) is 4.37. The van der Waals surface area contributed by atoms with Gasteiger partial charge in [-0.2, -0.15) is 0 Å². The van der Waals surface area contributed by atoms with E-state index in [9.17, 15) is 24.0 Å². The number of hydrogen-bond acceptors (Lipinski definition) is 6. The number of esters is 1. The number of nitrogens with zero attached hydrogens (tertiary/aromatic N) is 1. The lowest BCUT2D eigenvalue weighted by atomic mass is 9.94. The van der Waals surface area contributed by atoms with E-state index in [0.717, 1.165) is 32.1 Å². The lowest BCUT2D eigenvalue weighted by Gasteiger charge is -2.29. The number of imide groups is 1. The molecular weight excluding hydrogens is 436 g/mol. The highest BCUT2D eigenvalue weighted by Gasteiger charge is 2.40. The second kappa shape index (κ2) is 9.59. The molecule has 3 amide bonds. The maximum absolute atomic E-state index is 12.9. The zero-order valence-corrected chi connectivity index (χ0v) is 19.1. The quantitative estimate of drug-likeness (QED) is 0.395. The average molecular weight is 463 g/mol. The van der Waals surface area contributed by atoms with Gasteiger partial charge in [-0.05, 0) is 69.2 Å². The van der Waals surface area contributed by atoms with Crippen LogP contribution in [0.1, 0.15) is 87.4 Å². The van der Waals surface area contributed by atoms with Crippen molar-refractivity contribution >= 4 is 35.2 Å². The van der Waals surface area contributed by atoms with Crippen molar-refractivity contribution in [3.8, 4) is 0 Å². The minimum atomic E-state index is -1.11. The molecule has 1 heterocycles. The topological polar surface area (TPSA) is 110 Å². The van der Waals surface area contributed by atoms with Crippen LogP contribution in [0.2, 0.25) is 0 Å². The highest BCUT2D eigenvalue weighted by atomic mass is 16.5. The zero-order valence-electron chi connectivity index (χ0n) is 19.1. The number of carbonyl (C=O) groups is 5. The van der Waals surface area contributed by atoms with E-state index in [1.807, 2.05) is 0 Å². The molecule has 4 rings (SSSR count). The van der Waals surface area contributed by atoms with Crippen molar-refractivity contribution in [3.63, 3.8) is 0 Å². The Balaban J connectivity index is 1.41. The van der Waals surface area contributed by atoms with Crippen LogP contribution < -0.4 is 5.32 Å². The molecule has 0 radical (unpaired) electrons. The number of rotatable bonds is 6. The predicted molar refractivity (Wildman–Crippen MR) is 124 cm³/mol. The molecule has 1 atom stereocenters. The molecule has 1 aliphatic heterocycles. The number of benzene rings is 2. The Kier molecular flexibility index (Phi) is 6.58. The summed E-state index contributed by atoms with van der Waals surface area (Å²) in [6.07, 6.45) is 3.55. The number of anilines is 1. The lowest BCUT2D eigenvalue weighted by Crippen LogP contribution is -2.40. The number of fused-ring (bicyclic) bond motifs is 1. The van der Waals surface area contributed by atoms with E-state index in [2.05, 4.69) is 5.32 Å². The van der Waals surface area contributed by atoms with Gasteiger partial charge in [0, 0.05) is 17.3 Å². The minimum Gasteiger partial charge on any atom is -0.449 e. The number of carbonyl (C=O) groups excluding carboxylic acids is 5. The third-order valence-corrected chi connectivity index (χ3v) is 6.31. The molecule has 0 unspecified atom stereocenters. The van der Waals surface area contributed by atoms with Crippen LogP contribution in [-0.4, -0.2) is 46.5 Å². The molecule has 0 bridgehead atoms. The van der Waals surface area contributed by atoms with Gasteiger partial charge in [-0.25, -0.2) is 4.79 Å². The molecule has 1 N–H and O–H groups in total. The van der Waals surface area contributed by atoms with Gasteiger partial charge >= 0.3 is 5.97 Å². The summed E-state index contributed by atoms with van der Waals surface area (Å²) in [4.78, 5) is 63.5. The van der Waals surface area contributed by atoms with Crippen LogP contribution in [0, 0.1) is 0 Å². The normalized spacial score (nSPS) is 16.7. The van der Waals surface area contributed by atoms with E-state index in [0.29, 0.717) is 11.3 Å². The zero-order chi connectivity index (χ0) is 24.4. The van der Waals surface area contributed by atoms with Crippen molar-refractivity contribution < 1.29 is 28.7 Å². The van der Waals surface area contributed by atoms with Crippen molar-refractivity contribution in [3.05, 3.63) is 64.7 Å². The van der Waals surface area contributed by atoms with Gasteiger partial charge in [0.15, 0.2) is 11.9 Å². The van der Waals surface area contributed by atoms with Gasteiger partial charge in [0.25, 0.3) is 17.7 Å². The molecular formula is C26H26N2O6. The first-order chi connectivity index (χ1) is 16.3. The summed E-state index contributed by atoms with van der Waals surface area (Å²) < 4.78 is 5.28. The van der Waals surface area contributed by atoms with Crippen LogP contribution in [0.15, 0.2) is 42.5 Å². The molecule has 1 saturated carbocycles. The lowest BCUT2D eigenvalue weighted by molar-refractivity contribution is -0.123. The SMILES string of the molecule is CC(=O)c1ccc(NC(=O)[C@H](C)OC(=O)c2ccc3c(c2)C(=O)N(C2CCCCC2)C3=O)cc1. The van der Waals surface area contributed by atoms with E-state index in [-0.39, 0.29) is 40.3 Å². The maximum Gasteiger partial charge on any atom is 0.338 e. The van der Waals surface area contributed by atoms with Gasteiger partial charge in [0.1, 0.15) is 0 Å². The molecule has 0 saturated heterocycles. The van der Waals surface area contributed by atoms with Crippen molar-refractivity contribution in [1.29, 1.82) is 0 Å². The highest BCUT2D eigenvalue weighted by Crippen LogP contribution is 2.31. The molecule has 0 spiro atoms. The predicted octanol–water partition coefficient (Wildman–Crippen LogP) is 4.00. The van der Waals surface area contributed by atoms with E-state index in [1.165, 1.54) is 36.9 Å². The van der Waals surface area contributed by atoms with Crippen molar-refractivity contribution in [2.24, 2.45) is 0 Å². The fraction of sp³-hybridized carbons (Fsp3) is 0.346. The van der Waals surface area contributed by atoms with Crippen molar-refractivity contribution in [2.75, 3.05) is 5.32 Å².